The lowest BCUT2D eigenvalue weighted by molar-refractivity contribution is -0.121. The number of pyridine rings is 1. The number of benzene rings is 1. The maximum Gasteiger partial charge on any atom is 0.220 e. The second-order valence-electron chi connectivity index (χ2n) is 6.51. The van der Waals surface area contributed by atoms with Gasteiger partial charge in [-0.05, 0) is 66.5 Å². The van der Waals surface area contributed by atoms with Crippen LogP contribution in [0.2, 0.25) is 0 Å². The molecule has 1 amide bonds. The Morgan fingerprint density at radius 1 is 1.29 bits per heavy atom. The number of carbonyl (C=O) groups is 1. The molecule has 1 fully saturated rings. The zero-order chi connectivity index (χ0) is 16.9. The highest BCUT2D eigenvalue weighted by molar-refractivity contribution is 5.77. The van der Waals surface area contributed by atoms with E-state index in [9.17, 15) is 4.79 Å². The van der Waals surface area contributed by atoms with Gasteiger partial charge in [0.1, 0.15) is 5.75 Å². The fraction of sp³-hybridized carbons (Fsp3) is 0.400. The predicted molar refractivity (Wildman–Crippen MR) is 93.9 cm³/mol. The van der Waals surface area contributed by atoms with Crippen LogP contribution >= 0.6 is 0 Å². The molecule has 1 aliphatic carbocycles. The van der Waals surface area contributed by atoms with Crippen LogP contribution in [0.1, 0.15) is 41.9 Å². The van der Waals surface area contributed by atoms with Crippen molar-refractivity contribution in [3.8, 4) is 5.75 Å². The van der Waals surface area contributed by atoms with E-state index in [0.29, 0.717) is 24.8 Å². The molecule has 1 saturated carbocycles. The number of carbonyl (C=O) groups excluding carboxylic acids is 1. The van der Waals surface area contributed by atoms with Gasteiger partial charge in [-0.25, -0.2) is 0 Å². The van der Waals surface area contributed by atoms with Gasteiger partial charge in [0.2, 0.25) is 5.91 Å². The fourth-order valence-corrected chi connectivity index (χ4v) is 3.16. The third-order valence-corrected chi connectivity index (χ3v) is 4.68. The van der Waals surface area contributed by atoms with Crippen molar-refractivity contribution in [1.29, 1.82) is 0 Å². The number of nitrogens with zero attached hydrogens (tertiary/aromatic N) is 1. The van der Waals surface area contributed by atoms with E-state index in [-0.39, 0.29) is 5.91 Å². The van der Waals surface area contributed by atoms with Gasteiger partial charge >= 0.3 is 0 Å². The third-order valence-electron chi connectivity index (χ3n) is 4.68. The van der Waals surface area contributed by atoms with E-state index >= 15 is 0 Å². The maximum atomic E-state index is 12.4. The van der Waals surface area contributed by atoms with Crippen LogP contribution in [0.5, 0.6) is 5.75 Å². The highest BCUT2D eigenvalue weighted by Gasteiger charge is 2.33. The minimum Gasteiger partial charge on any atom is -0.496 e. The Balaban J connectivity index is 1.64. The van der Waals surface area contributed by atoms with E-state index in [4.69, 9.17) is 4.74 Å². The van der Waals surface area contributed by atoms with Gasteiger partial charge < -0.3 is 10.1 Å². The molecule has 24 heavy (non-hydrogen) atoms. The number of rotatable bonds is 7. The number of ether oxygens (including phenoxy) is 1. The van der Waals surface area contributed by atoms with Gasteiger partial charge in [-0.3, -0.25) is 9.78 Å². The van der Waals surface area contributed by atoms with Gasteiger partial charge in [-0.1, -0.05) is 12.1 Å². The number of aromatic nitrogens is 1. The molecule has 1 unspecified atom stereocenters. The summed E-state index contributed by atoms with van der Waals surface area (Å²) in [5.74, 6) is 1.93. The normalized spacial score (nSPS) is 14.9. The number of hydrogen-bond acceptors (Lipinski definition) is 3. The topological polar surface area (TPSA) is 51.2 Å². The van der Waals surface area contributed by atoms with E-state index in [1.807, 2.05) is 18.2 Å². The molecule has 1 aromatic carbocycles. The first-order valence-electron chi connectivity index (χ1n) is 8.47. The molecule has 0 aliphatic heterocycles. The van der Waals surface area contributed by atoms with Crippen LogP contribution in [-0.4, -0.2) is 18.0 Å². The molecule has 4 nitrogen and oxygen atoms in total. The summed E-state index contributed by atoms with van der Waals surface area (Å²) >= 11 is 0. The lowest BCUT2D eigenvalue weighted by Gasteiger charge is -2.18. The van der Waals surface area contributed by atoms with Gasteiger partial charge in [0, 0.05) is 25.4 Å². The van der Waals surface area contributed by atoms with Gasteiger partial charge in [0.15, 0.2) is 0 Å². The SMILES string of the molecule is COc1ccc(C(CC(=O)NCc2ccncc2)C2CC2)cc1C. The summed E-state index contributed by atoms with van der Waals surface area (Å²) in [4.78, 5) is 16.4. The molecule has 1 aliphatic rings. The fourth-order valence-electron chi connectivity index (χ4n) is 3.16. The zero-order valence-electron chi connectivity index (χ0n) is 14.3. The summed E-state index contributed by atoms with van der Waals surface area (Å²) in [6.45, 7) is 2.61. The Morgan fingerprint density at radius 3 is 2.67 bits per heavy atom. The summed E-state index contributed by atoms with van der Waals surface area (Å²) < 4.78 is 5.34. The van der Waals surface area contributed by atoms with Crippen molar-refractivity contribution in [2.45, 2.75) is 38.6 Å². The van der Waals surface area contributed by atoms with Gasteiger partial charge in [-0.15, -0.1) is 0 Å². The van der Waals surface area contributed by atoms with E-state index < -0.39 is 0 Å². The highest BCUT2D eigenvalue weighted by atomic mass is 16.5. The van der Waals surface area contributed by atoms with Crippen molar-refractivity contribution in [2.75, 3.05) is 7.11 Å². The van der Waals surface area contributed by atoms with Crippen molar-refractivity contribution < 1.29 is 9.53 Å². The Bertz CT molecular complexity index is 696. The molecule has 0 saturated heterocycles. The summed E-state index contributed by atoms with van der Waals surface area (Å²) in [5.41, 5.74) is 3.44. The van der Waals surface area contributed by atoms with Crippen LogP contribution in [-0.2, 0) is 11.3 Å². The van der Waals surface area contributed by atoms with E-state index in [2.05, 4.69) is 29.4 Å². The summed E-state index contributed by atoms with van der Waals surface area (Å²) in [6, 6.07) is 10.1. The monoisotopic (exact) mass is 324 g/mol. The second kappa shape index (κ2) is 7.47. The van der Waals surface area contributed by atoms with Crippen molar-refractivity contribution >= 4 is 5.91 Å². The molecule has 3 rings (SSSR count). The Labute approximate surface area is 143 Å². The van der Waals surface area contributed by atoms with Crippen molar-refractivity contribution in [2.24, 2.45) is 5.92 Å². The van der Waals surface area contributed by atoms with Crippen LogP contribution in [0.3, 0.4) is 0 Å². The van der Waals surface area contributed by atoms with Crippen LogP contribution in [0.15, 0.2) is 42.7 Å². The van der Waals surface area contributed by atoms with Crippen LogP contribution in [0, 0.1) is 12.8 Å². The Morgan fingerprint density at radius 2 is 2.04 bits per heavy atom. The van der Waals surface area contributed by atoms with Crippen LogP contribution < -0.4 is 10.1 Å². The minimum atomic E-state index is 0.109. The number of hydrogen-bond donors (Lipinski definition) is 1. The minimum absolute atomic E-state index is 0.109. The van der Waals surface area contributed by atoms with Crippen LogP contribution in [0.25, 0.3) is 0 Å². The van der Waals surface area contributed by atoms with E-state index in [1.54, 1.807) is 19.5 Å². The first-order valence-corrected chi connectivity index (χ1v) is 8.47. The maximum absolute atomic E-state index is 12.4. The number of nitrogens with one attached hydrogen (secondary N) is 1. The molecule has 1 heterocycles. The molecule has 0 bridgehead atoms. The lowest BCUT2D eigenvalue weighted by atomic mass is 9.89. The Hall–Kier alpha value is -2.36. The molecule has 0 radical (unpaired) electrons. The quantitative estimate of drug-likeness (QED) is 0.846. The zero-order valence-corrected chi connectivity index (χ0v) is 14.3. The van der Waals surface area contributed by atoms with Crippen molar-refractivity contribution in [3.63, 3.8) is 0 Å². The third kappa shape index (κ3) is 4.13. The summed E-state index contributed by atoms with van der Waals surface area (Å²) in [6.07, 6.45) is 6.46. The lowest BCUT2D eigenvalue weighted by Crippen LogP contribution is -2.25. The van der Waals surface area contributed by atoms with Gasteiger partial charge in [0.25, 0.3) is 0 Å². The first kappa shape index (κ1) is 16.5. The van der Waals surface area contributed by atoms with Gasteiger partial charge in [-0.2, -0.15) is 0 Å². The molecule has 0 spiro atoms. The second-order valence-corrected chi connectivity index (χ2v) is 6.51. The smallest absolute Gasteiger partial charge is 0.220 e. The first-order chi connectivity index (χ1) is 11.7. The highest BCUT2D eigenvalue weighted by Crippen LogP contribution is 2.45. The average molecular weight is 324 g/mol. The molecule has 126 valence electrons. The molecule has 4 heteroatoms. The molecule has 1 aromatic heterocycles. The van der Waals surface area contributed by atoms with Crippen molar-refractivity contribution in [3.05, 3.63) is 59.4 Å². The Kier molecular flexibility index (Phi) is 5.14. The number of methoxy groups -OCH3 is 1. The molecular formula is C20H24N2O2. The van der Waals surface area contributed by atoms with E-state index in [0.717, 1.165) is 16.9 Å². The number of amides is 1. The van der Waals surface area contributed by atoms with E-state index in [1.165, 1.54) is 18.4 Å². The average Bonchev–Trinajstić information content (AvgIpc) is 3.43. The standard InChI is InChI=1S/C20H24N2O2/c1-14-11-17(5-6-19(14)24-2)18(16-3-4-16)12-20(23)22-13-15-7-9-21-10-8-15/h5-11,16,18H,3-4,12-13H2,1-2H3,(H,22,23). The summed E-state index contributed by atoms with van der Waals surface area (Å²) in [7, 11) is 1.69. The molecule has 2 aromatic rings. The predicted octanol–water partition coefficient (Wildman–Crippen LogP) is 3.60. The molecular weight excluding hydrogens is 300 g/mol. The number of aryl methyl sites for hydroxylation is 1. The summed E-state index contributed by atoms with van der Waals surface area (Å²) in [5, 5.41) is 3.03. The van der Waals surface area contributed by atoms with Crippen LogP contribution in [0.4, 0.5) is 0 Å². The molecule has 1 N–H and O–H groups in total. The van der Waals surface area contributed by atoms with Gasteiger partial charge in [0.05, 0.1) is 7.11 Å². The van der Waals surface area contributed by atoms with Crippen molar-refractivity contribution in [1.82, 2.24) is 10.3 Å². The largest absolute Gasteiger partial charge is 0.496 e. The molecule has 1 atom stereocenters.